The van der Waals surface area contributed by atoms with Crippen LogP contribution in [-0.4, -0.2) is 26.0 Å². The Morgan fingerprint density at radius 1 is 0.812 bits per heavy atom. The van der Waals surface area contributed by atoms with Crippen LogP contribution in [0.3, 0.4) is 0 Å². The molecule has 0 fully saturated rings. The fourth-order valence-corrected chi connectivity index (χ4v) is 0.791. The summed E-state index contributed by atoms with van der Waals surface area (Å²) in [6, 6.07) is 18.2. The molecule has 0 heterocycles. The third-order valence-electron chi connectivity index (χ3n) is 1.38. The molecule has 0 amide bonds. The first-order valence-corrected chi connectivity index (χ1v) is 5.09. The van der Waals surface area contributed by atoms with Gasteiger partial charge in [-0.1, -0.05) is 6.92 Å². The summed E-state index contributed by atoms with van der Waals surface area (Å²) in [4.78, 5) is 2.00. The van der Waals surface area contributed by atoms with Crippen molar-refractivity contribution in [3.63, 3.8) is 0 Å². The van der Waals surface area contributed by atoms with Crippen LogP contribution in [0.2, 0.25) is 0 Å². The molecule has 2 heteroatoms. The van der Waals surface area contributed by atoms with Crippen molar-refractivity contribution in [1.29, 1.82) is 0 Å². The molecule has 0 N–H and O–H groups in total. The second-order valence-electron chi connectivity index (χ2n) is 3.77. The van der Waals surface area contributed by atoms with Gasteiger partial charge in [0, 0.05) is 17.1 Å². The molecule has 0 atom stereocenters. The standard InChI is InChI=1S/C6H7.C5H5.C3H9N.Fe/c1-6-4-2-3-5-6;1-2-4-5-3-1;1-4(2)3;/h2-5H,1H3;1-5H;1-3H3;/q-1;-5;;. The summed E-state index contributed by atoms with van der Waals surface area (Å²) in [6.45, 7) is 2.08. The number of hydrogen-bond acceptors (Lipinski definition) is 1. The van der Waals surface area contributed by atoms with Crippen molar-refractivity contribution in [2.45, 2.75) is 6.92 Å². The van der Waals surface area contributed by atoms with Gasteiger partial charge in [0.05, 0.1) is 0 Å². The van der Waals surface area contributed by atoms with E-state index < -0.39 is 0 Å². The van der Waals surface area contributed by atoms with Crippen LogP contribution in [0.4, 0.5) is 0 Å². The molecule has 0 saturated carbocycles. The first kappa shape index (κ1) is 17.6. The van der Waals surface area contributed by atoms with Crippen LogP contribution in [0, 0.1) is 6.92 Å². The minimum atomic E-state index is 0. The van der Waals surface area contributed by atoms with Crippen molar-refractivity contribution < 1.29 is 17.1 Å². The molecule has 0 aliphatic heterocycles. The fraction of sp³-hybridized carbons (Fsp3) is 0.286. The van der Waals surface area contributed by atoms with Gasteiger partial charge in [-0.2, -0.15) is 17.7 Å². The zero-order chi connectivity index (χ0) is 11.5. The van der Waals surface area contributed by atoms with Crippen LogP contribution in [0.25, 0.3) is 0 Å². The third-order valence-corrected chi connectivity index (χ3v) is 1.38. The molecule has 0 radical (unpaired) electrons. The molecule has 2 aromatic carbocycles. The molecule has 0 bridgehead atoms. The van der Waals surface area contributed by atoms with Gasteiger partial charge in [-0.3, -0.25) is 0 Å². The Labute approximate surface area is 110 Å². The molecule has 2 aromatic rings. The van der Waals surface area contributed by atoms with Gasteiger partial charge < -0.3 is 35.2 Å². The van der Waals surface area contributed by atoms with Gasteiger partial charge in [-0.15, -0.1) is 0 Å². The average Bonchev–Trinajstić information content (AvgIpc) is 2.75. The van der Waals surface area contributed by atoms with E-state index in [1.54, 1.807) is 0 Å². The van der Waals surface area contributed by atoms with Gasteiger partial charge in [0.15, 0.2) is 0 Å². The zero-order valence-electron chi connectivity index (χ0n) is 10.5. The van der Waals surface area contributed by atoms with Gasteiger partial charge in [-0.05, 0) is 21.1 Å². The van der Waals surface area contributed by atoms with E-state index in [0.717, 1.165) is 0 Å². The summed E-state index contributed by atoms with van der Waals surface area (Å²) in [5.74, 6) is 0. The fourth-order valence-electron chi connectivity index (χ4n) is 0.791. The predicted octanol–water partition coefficient (Wildman–Crippen LogP) is 3.29. The number of aryl methyl sites for hydroxylation is 1. The van der Waals surface area contributed by atoms with Crippen LogP contribution in [0.1, 0.15) is 5.56 Å². The van der Waals surface area contributed by atoms with Crippen molar-refractivity contribution >= 4 is 0 Å². The van der Waals surface area contributed by atoms with Crippen molar-refractivity contribution in [2.75, 3.05) is 21.1 Å². The van der Waals surface area contributed by atoms with Crippen molar-refractivity contribution in [1.82, 2.24) is 4.90 Å². The second-order valence-corrected chi connectivity index (χ2v) is 3.77. The maximum Gasteiger partial charge on any atom is 0 e. The molecule has 0 aromatic heterocycles. The normalized spacial score (nSPS) is 8.06. The largest absolute Gasteiger partial charge is 0.748 e. The zero-order valence-corrected chi connectivity index (χ0v) is 11.6. The predicted molar refractivity (Wildman–Crippen MR) is 68.4 cm³/mol. The van der Waals surface area contributed by atoms with Crippen molar-refractivity contribution in [3.8, 4) is 0 Å². The van der Waals surface area contributed by atoms with E-state index in [4.69, 9.17) is 0 Å². The third kappa shape index (κ3) is 15.6. The number of rotatable bonds is 0. The Balaban J connectivity index is 0. The quantitative estimate of drug-likeness (QED) is 0.518. The van der Waals surface area contributed by atoms with Crippen LogP contribution >= 0.6 is 0 Å². The molecule has 2 rings (SSSR count). The Bertz CT molecular complexity index is 262. The minimum Gasteiger partial charge on any atom is -0.748 e. The Hall–Kier alpha value is -0.821. The van der Waals surface area contributed by atoms with Crippen molar-refractivity contribution in [2.24, 2.45) is 0 Å². The molecule has 0 aliphatic carbocycles. The summed E-state index contributed by atoms with van der Waals surface area (Å²) in [5.41, 5.74) is 1.34. The molecule has 0 aliphatic rings. The molecule has 0 unspecified atom stereocenters. The van der Waals surface area contributed by atoms with Crippen LogP contribution < -0.4 is 0 Å². The van der Waals surface area contributed by atoms with E-state index in [9.17, 15) is 0 Å². The molecule has 16 heavy (non-hydrogen) atoms. The van der Waals surface area contributed by atoms with Crippen LogP contribution in [0.15, 0.2) is 54.6 Å². The Kier molecular flexibility index (Phi) is 13.5. The smallest absolute Gasteiger partial charge is 0 e. The molecule has 96 valence electrons. The van der Waals surface area contributed by atoms with E-state index in [1.165, 1.54) is 5.56 Å². The Morgan fingerprint density at radius 2 is 1.06 bits per heavy atom. The number of nitrogens with zero attached hydrogens (tertiary/aromatic N) is 1. The molecular formula is C14H21FeN-6. The second kappa shape index (κ2) is 12.3. The van der Waals surface area contributed by atoms with Gasteiger partial charge in [0.2, 0.25) is 0 Å². The van der Waals surface area contributed by atoms with Crippen LogP contribution in [0.5, 0.6) is 0 Å². The SMILES string of the molecule is CN(C)C.C[c-]1cccc1.[Fe].[cH-]1[cH-][cH-][cH-][cH-]1. The first-order valence-electron chi connectivity index (χ1n) is 5.09. The Morgan fingerprint density at radius 3 is 1.19 bits per heavy atom. The van der Waals surface area contributed by atoms with E-state index in [0.29, 0.717) is 0 Å². The summed E-state index contributed by atoms with van der Waals surface area (Å²) in [6.07, 6.45) is 0. The monoisotopic (exact) mass is 259 g/mol. The first-order chi connectivity index (χ1) is 7.13. The topological polar surface area (TPSA) is 3.24 Å². The molecular weight excluding hydrogens is 238 g/mol. The summed E-state index contributed by atoms with van der Waals surface area (Å²) in [5, 5.41) is 0. The maximum absolute atomic E-state index is 2.08. The summed E-state index contributed by atoms with van der Waals surface area (Å²) < 4.78 is 0. The maximum atomic E-state index is 2.08. The summed E-state index contributed by atoms with van der Waals surface area (Å²) >= 11 is 0. The van der Waals surface area contributed by atoms with Gasteiger partial charge in [0.1, 0.15) is 0 Å². The van der Waals surface area contributed by atoms with E-state index in [-0.39, 0.29) is 17.1 Å². The van der Waals surface area contributed by atoms with Gasteiger partial charge >= 0.3 is 0 Å². The van der Waals surface area contributed by atoms with Gasteiger partial charge in [-0.25, -0.2) is 12.1 Å². The van der Waals surface area contributed by atoms with E-state index in [1.807, 2.05) is 68.5 Å². The number of hydrogen-bond donors (Lipinski definition) is 0. The summed E-state index contributed by atoms with van der Waals surface area (Å²) in [7, 11) is 6.00. The van der Waals surface area contributed by atoms with E-state index >= 15 is 0 Å². The molecule has 0 spiro atoms. The van der Waals surface area contributed by atoms with Gasteiger partial charge in [0.25, 0.3) is 0 Å². The molecule has 0 saturated heterocycles. The van der Waals surface area contributed by atoms with Crippen LogP contribution in [-0.2, 0) is 17.1 Å². The van der Waals surface area contributed by atoms with Crippen molar-refractivity contribution in [3.05, 3.63) is 60.2 Å². The average molecular weight is 259 g/mol. The molecule has 1 nitrogen and oxygen atoms in total. The minimum absolute atomic E-state index is 0. The van der Waals surface area contributed by atoms with E-state index in [2.05, 4.69) is 19.1 Å².